The van der Waals surface area contributed by atoms with Gasteiger partial charge in [-0.15, -0.1) is 0 Å². The zero-order chi connectivity index (χ0) is 24.6. The van der Waals surface area contributed by atoms with Crippen molar-refractivity contribution < 1.29 is 16.8 Å². The standard InChI is InChI=1S/C27H22N2O4S2/c28-17-27(35(32,33)34(30,31)26-12-11-25-18-29-14-13-24(25)16-26)21-8-5-20(6-9-21)23-10-7-19-3-1-2-4-22(19)15-23/h1-16,18,27H,17,28H2. The summed E-state index contributed by atoms with van der Waals surface area (Å²) < 4.78 is 53.1. The molecule has 0 spiro atoms. The fraction of sp³-hybridized carbons (Fsp3) is 0.0741. The van der Waals surface area contributed by atoms with E-state index in [0.717, 1.165) is 21.9 Å². The molecule has 1 heterocycles. The highest BCUT2D eigenvalue weighted by molar-refractivity contribution is 8.67. The minimum Gasteiger partial charge on any atom is -0.329 e. The van der Waals surface area contributed by atoms with E-state index in [1.807, 2.05) is 36.4 Å². The molecule has 1 aromatic heterocycles. The monoisotopic (exact) mass is 502 g/mol. The number of pyridine rings is 1. The molecule has 0 saturated carbocycles. The van der Waals surface area contributed by atoms with Crippen LogP contribution in [0.3, 0.4) is 0 Å². The minimum absolute atomic E-state index is 0.289. The van der Waals surface area contributed by atoms with Gasteiger partial charge in [-0.25, -0.2) is 16.8 Å². The van der Waals surface area contributed by atoms with E-state index in [9.17, 15) is 16.8 Å². The molecule has 1 atom stereocenters. The van der Waals surface area contributed by atoms with Crippen LogP contribution in [0.15, 0.2) is 108 Å². The fourth-order valence-electron chi connectivity index (χ4n) is 4.18. The molecule has 0 fully saturated rings. The summed E-state index contributed by atoms with van der Waals surface area (Å²) in [7, 11) is -9.40. The van der Waals surface area contributed by atoms with Crippen molar-refractivity contribution in [1.29, 1.82) is 0 Å². The summed E-state index contributed by atoms with van der Waals surface area (Å²) in [5.41, 5.74) is 8.00. The van der Waals surface area contributed by atoms with E-state index < -0.39 is 23.0 Å². The van der Waals surface area contributed by atoms with Crippen molar-refractivity contribution in [3.05, 3.63) is 109 Å². The van der Waals surface area contributed by atoms with Gasteiger partial charge in [0.2, 0.25) is 0 Å². The van der Waals surface area contributed by atoms with Crippen LogP contribution in [0.4, 0.5) is 0 Å². The molecule has 2 N–H and O–H groups in total. The van der Waals surface area contributed by atoms with Crippen molar-refractivity contribution >= 4 is 39.3 Å². The zero-order valence-corrected chi connectivity index (χ0v) is 20.2. The third-order valence-corrected chi connectivity index (χ3v) is 11.8. The molecule has 0 saturated heterocycles. The van der Waals surface area contributed by atoms with Gasteiger partial charge in [-0.1, -0.05) is 66.7 Å². The lowest BCUT2D eigenvalue weighted by Gasteiger charge is -2.17. The normalized spacial score (nSPS) is 13.2. The molecule has 0 bridgehead atoms. The number of nitrogens with zero attached hydrogens (tertiary/aromatic N) is 1. The number of rotatable bonds is 6. The van der Waals surface area contributed by atoms with Crippen molar-refractivity contribution in [3.8, 4) is 11.1 Å². The zero-order valence-electron chi connectivity index (χ0n) is 18.6. The van der Waals surface area contributed by atoms with Crippen LogP contribution < -0.4 is 5.73 Å². The summed E-state index contributed by atoms with van der Waals surface area (Å²) in [5.74, 6) is 0. The van der Waals surface area contributed by atoms with Gasteiger partial charge < -0.3 is 5.73 Å². The Morgan fingerprint density at radius 2 is 1.34 bits per heavy atom. The van der Waals surface area contributed by atoms with Gasteiger partial charge in [-0.3, -0.25) is 4.98 Å². The second-order valence-electron chi connectivity index (χ2n) is 8.24. The van der Waals surface area contributed by atoms with Gasteiger partial charge >= 0.3 is 0 Å². The molecule has 0 amide bonds. The largest absolute Gasteiger partial charge is 0.329 e. The Morgan fingerprint density at radius 3 is 2.09 bits per heavy atom. The number of aromatic nitrogens is 1. The van der Waals surface area contributed by atoms with Crippen molar-refractivity contribution in [3.63, 3.8) is 0 Å². The molecule has 5 rings (SSSR count). The number of fused-ring (bicyclic) bond motifs is 2. The molecule has 0 radical (unpaired) electrons. The van der Waals surface area contributed by atoms with Gasteiger partial charge in [0.25, 0.3) is 17.7 Å². The third-order valence-electron chi connectivity index (χ3n) is 6.13. The average Bonchev–Trinajstić information content (AvgIpc) is 2.88. The summed E-state index contributed by atoms with van der Waals surface area (Å²) in [6.45, 7) is -0.367. The predicted octanol–water partition coefficient (Wildman–Crippen LogP) is 4.86. The Labute approximate surface area is 203 Å². The molecular formula is C27H22N2O4S2. The number of benzene rings is 4. The molecule has 1 unspecified atom stereocenters. The lowest BCUT2D eigenvalue weighted by Crippen LogP contribution is -2.28. The second-order valence-corrected chi connectivity index (χ2v) is 13.9. The highest BCUT2D eigenvalue weighted by Gasteiger charge is 2.40. The molecule has 35 heavy (non-hydrogen) atoms. The maximum atomic E-state index is 13.3. The Bertz CT molecular complexity index is 1760. The summed E-state index contributed by atoms with van der Waals surface area (Å²) in [6.07, 6.45) is 3.10. The SMILES string of the molecule is NCC(c1ccc(-c2ccc3ccccc3c2)cc1)S(=O)(=O)S(=O)(=O)c1ccc2cnccc2c1. The smallest absolute Gasteiger partial charge is 0.282 e. The van der Waals surface area contributed by atoms with Crippen LogP contribution in [-0.2, 0) is 17.7 Å². The molecule has 5 aromatic rings. The molecule has 176 valence electrons. The molecule has 0 aliphatic heterocycles. The van der Waals surface area contributed by atoms with Crippen LogP contribution in [0.2, 0.25) is 0 Å². The van der Waals surface area contributed by atoms with Gasteiger partial charge in [0.15, 0.2) is 0 Å². The summed E-state index contributed by atoms with van der Waals surface area (Å²) in [6, 6.07) is 26.7. The van der Waals surface area contributed by atoms with Crippen LogP contribution in [0.1, 0.15) is 10.8 Å². The van der Waals surface area contributed by atoms with Gasteiger partial charge in [-0.05, 0) is 57.1 Å². The number of hydrogen-bond donors (Lipinski definition) is 1. The third kappa shape index (κ3) is 4.10. The van der Waals surface area contributed by atoms with Crippen molar-refractivity contribution in [2.45, 2.75) is 10.1 Å². The number of hydrogen-bond acceptors (Lipinski definition) is 6. The highest BCUT2D eigenvalue weighted by atomic mass is 33.2. The molecule has 4 aromatic carbocycles. The lowest BCUT2D eigenvalue weighted by atomic mass is 10.00. The lowest BCUT2D eigenvalue weighted by molar-refractivity contribution is 0.574. The number of nitrogens with two attached hydrogens (primary N) is 1. The highest BCUT2D eigenvalue weighted by Crippen LogP contribution is 2.33. The maximum Gasteiger partial charge on any atom is 0.282 e. The van der Waals surface area contributed by atoms with Crippen molar-refractivity contribution in [1.82, 2.24) is 4.98 Å². The van der Waals surface area contributed by atoms with E-state index >= 15 is 0 Å². The summed E-state index contributed by atoms with van der Waals surface area (Å²) >= 11 is 0. The van der Waals surface area contributed by atoms with Gasteiger partial charge in [0.05, 0.1) is 4.90 Å². The van der Waals surface area contributed by atoms with Gasteiger partial charge in [0, 0.05) is 24.3 Å². The van der Waals surface area contributed by atoms with Crippen molar-refractivity contribution in [2.75, 3.05) is 6.54 Å². The molecule has 8 heteroatoms. The van der Waals surface area contributed by atoms with E-state index in [1.165, 1.54) is 18.3 Å². The van der Waals surface area contributed by atoms with Gasteiger partial charge in [-0.2, -0.15) is 0 Å². The predicted molar refractivity (Wildman–Crippen MR) is 139 cm³/mol. The minimum atomic E-state index is -4.70. The van der Waals surface area contributed by atoms with Crippen LogP contribution >= 0.6 is 0 Å². The topological polar surface area (TPSA) is 107 Å². The summed E-state index contributed by atoms with van der Waals surface area (Å²) in [4.78, 5) is 3.70. The van der Waals surface area contributed by atoms with E-state index in [4.69, 9.17) is 5.73 Å². The second kappa shape index (κ2) is 8.88. The first-order chi connectivity index (χ1) is 16.8. The van der Waals surface area contributed by atoms with Crippen LogP contribution in [0.25, 0.3) is 32.7 Å². The van der Waals surface area contributed by atoms with E-state index in [-0.39, 0.29) is 11.4 Å². The molecular weight excluding hydrogens is 480 g/mol. The first-order valence-corrected chi connectivity index (χ1v) is 14.5. The van der Waals surface area contributed by atoms with Crippen LogP contribution in [0, 0.1) is 0 Å². The molecule has 0 aliphatic carbocycles. The Hall–Kier alpha value is -3.59. The molecule has 6 nitrogen and oxygen atoms in total. The fourth-order valence-corrected chi connectivity index (χ4v) is 8.59. The van der Waals surface area contributed by atoms with Crippen molar-refractivity contribution in [2.24, 2.45) is 5.73 Å². The Kier molecular flexibility index (Phi) is 5.88. The average molecular weight is 503 g/mol. The first kappa shape index (κ1) is 23.2. The van der Waals surface area contributed by atoms with Crippen LogP contribution in [0.5, 0.6) is 0 Å². The molecule has 0 aliphatic rings. The van der Waals surface area contributed by atoms with Crippen LogP contribution in [-0.4, -0.2) is 28.4 Å². The van der Waals surface area contributed by atoms with E-state index in [1.54, 1.807) is 42.6 Å². The quantitative estimate of drug-likeness (QED) is 0.332. The Balaban J connectivity index is 1.49. The van der Waals surface area contributed by atoms with E-state index in [0.29, 0.717) is 16.3 Å². The van der Waals surface area contributed by atoms with E-state index in [2.05, 4.69) is 11.1 Å². The first-order valence-electron chi connectivity index (χ1n) is 10.9. The van der Waals surface area contributed by atoms with Gasteiger partial charge in [0.1, 0.15) is 5.25 Å². The summed E-state index contributed by atoms with van der Waals surface area (Å²) in [5, 5.41) is 2.11. The Morgan fingerprint density at radius 1 is 0.686 bits per heavy atom. The maximum absolute atomic E-state index is 13.3.